The normalized spacial score (nSPS) is 16.6. The Hall–Kier alpha value is -2.98. The summed E-state index contributed by atoms with van der Waals surface area (Å²) >= 11 is 0. The summed E-state index contributed by atoms with van der Waals surface area (Å²) in [5.74, 6) is 0. The van der Waals surface area contributed by atoms with Gasteiger partial charge < -0.3 is 0 Å². The molecule has 1 atom stereocenters. The van der Waals surface area contributed by atoms with Crippen molar-refractivity contribution < 1.29 is 0 Å². The van der Waals surface area contributed by atoms with Crippen molar-refractivity contribution in [1.82, 2.24) is 24.5 Å². The van der Waals surface area contributed by atoms with Crippen molar-refractivity contribution in [2.75, 3.05) is 6.54 Å². The summed E-state index contributed by atoms with van der Waals surface area (Å²) < 4.78 is 1.30. The van der Waals surface area contributed by atoms with Crippen molar-refractivity contribution in [2.24, 2.45) is 0 Å². The molecule has 0 bridgehead atoms. The van der Waals surface area contributed by atoms with Gasteiger partial charge in [0.1, 0.15) is 11.6 Å². The molecule has 1 aliphatic carbocycles. The second-order valence-electron chi connectivity index (χ2n) is 6.56. The smallest absolute Gasteiger partial charge is 0.272 e. The highest BCUT2D eigenvalue weighted by Crippen LogP contribution is 2.33. The quantitative estimate of drug-likeness (QED) is 0.780. The molecular formula is C19H20N6O. The Morgan fingerprint density at radius 2 is 2.38 bits per heavy atom. The Balaban J connectivity index is 1.69. The number of pyridine rings is 1. The van der Waals surface area contributed by atoms with Gasteiger partial charge in [0.15, 0.2) is 5.65 Å². The number of nitrogens with zero attached hydrogens (tertiary/aromatic N) is 5. The highest BCUT2D eigenvalue weighted by Gasteiger charge is 2.26. The third-order valence-electron chi connectivity index (χ3n) is 5.05. The van der Waals surface area contributed by atoms with E-state index in [1.807, 2.05) is 12.3 Å². The lowest BCUT2D eigenvalue weighted by atomic mass is 9.90. The lowest BCUT2D eigenvalue weighted by molar-refractivity contribution is 0.173. The minimum absolute atomic E-state index is 0.204. The Bertz CT molecular complexity index is 1040. The van der Waals surface area contributed by atoms with Crippen molar-refractivity contribution in [3.8, 4) is 6.07 Å². The molecule has 0 saturated heterocycles. The number of nitriles is 1. The average molecular weight is 348 g/mol. The molecule has 3 heterocycles. The van der Waals surface area contributed by atoms with Crippen molar-refractivity contribution >= 4 is 5.65 Å². The summed E-state index contributed by atoms with van der Waals surface area (Å²) in [5, 5.41) is 12.0. The zero-order valence-electron chi connectivity index (χ0n) is 14.6. The van der Waals surface area contributed by atoms with Crippen molar-refractivity contribution in [3.05, 3.63) is 63.5 Å². The zero-order valence-corrected chi connectivity index (χ0v) is 14.6. The lowest BCUT2D eigenvalue weighted by Crippen LogP contribution is -2.32. The Morgan fingerprint density at radius 3 is 3.19 bits per heavy atom. The van der Waals surface area contributed by atoms with Crippen LogP contribution >= 0.6 is 0 Å². The Kier molecular flexibility index (Phi) is 4.27. The van der Waals surface area contributed by atoms with E-state index in [4.69, 9.17) is 0 Å². The lowest BCUT2D eigenvalue weighted by Gasteiger charge is -2.34. The maximum atomic E-state index is 12.3. The predicted molar refractivity (Wildman–Crippen MR) is 96.5 cm³/mol. The minimum atomic E-state index is -0.204. The minimum Gasteiger partial charge on any atom is -0.295 e. The van der Waals surface area contributed by atoms with Crippen LogP contribution in [0, 0.1) is 11.3 Å². The van der Waals surface area contributed by atoms with Crippen LogP contribution in [0.3, 0.4) is 0 Å². The van der Waals surface area contributed by atoms with Crippen LogP contribution in [0.5, 0.6) is 0 Å². The van der Waals surface area contributed by atoms with Gasteiger partial charge in [-0.25, -0.2) is 9.50 Å². The summed E-state index contributed by atoms with van der Waals surface area (Å²) in [6, 6.07) is 7.98. The SMILES string of the molecule is CCN(Cc1cc(=O)n2[nH]cc(C#N)c2n1)C1CCCc2cccnc21. The van der Waals surface area contributed by atoms with Gasteiger partial charge in [-0.15, -0.1) is 0 Å². The van der Waals surface area contributed by atoms with Crippen molar-refractivity contribution in [2.45, 2.75) is 38.8 Å². The fourth-order valence-electron chi connectivity index (χ4n) is 3.78. The molecule has 0 spiro atoms. The number of rotatable bonds is 4. The molecular weight excluding hydrogens is 328 g/mol. The van der Waals surface area contributed by atoms with Crippen LogP contribution < -0.4 is 5.56 Å². The maximum Gasteiger partial charge on any atom is 0.272 e. The number of fused-ring (bicyclic) bond motifs is 2. The van der Waals surface area contributed by atoms with E-state index >= 15 is 0 Å². The number of aromatic nitrogens is 4. The number of aryl methyl sites for hydroxylation is 1. The molecule has 3 aromatic heterocycles. The molecule has 1 unspecified atom stereocenters. The van der Waals surface area contributed by atoms with Gasteiger partial charge in [-0.1, -0.05) is 13.0 Å². The first-order valence-electron chi connectivity index (χ1n) is 8.89. The molecule has 4 rings (SSSR count). The number of nitrogens with one attached hydrogen (secondary N) is 1. The van der Waals surface area contributed by atoms with Crippen LogP contribution in [0.2, 0.25) is 0 Å². The van der Waals surface area contributed by atoms with Gasteiger partial charge in [-0.05, 0) is 37.4 Å². The van der Waals surface area contributed by atoms with Crippen LogP contribution in [0.4, 0.5) is 0 Å². The summed E-state index contributed by atoms with van der Waals surface area (Å²) in [6.07, 6.45) is 6.60. The Morgan fingerprint density at radius 1 is 1.50 bits per heavy atom. The molecule has 3 aromatic rings. The summed E-state index contributed by atoms with van der Waals surface area (Å²) in [4.78, 5) is 23.8. The van der Waals surface area contributed by atoms with E-state index in [9.17, 15) is 10.1 Å². The van der Waals surface area contributed by atoms with E-state index in [2.05, 4.69) is 39.0 Å². The van der Waals surface area contributed by atoms with Crippen LogP contribution in [0.15, 0.2) is 35.4 Å². The van der Waals surface area contributed by atoms with Gasteiger partial charge in [-0.2, -0.15) is 5.26 Å². The van der Waals surface area contributed by atoms with Gasteiger partial charge in [0, 0.05) is 25.0 Å². The van der Waals surface area contributed by atoms with E-state index in [-0.39, 0.29) is 11.6 Å². The standard InChI is InChI=1S/C19H20N6O/c1-2-24(16-7-3-5-13-6-4-8-21-18(13)16)12-15-9-17(26)25-19(23-15)14(10-20)11-22-25/h4,6,8-9,11,16,22H,2-3,5,7,12H2,1H3. The van der Waals surface area contributed by atoms with Crippen LogP contribution in [0.25, 0.3) is 5.65 Å². The van der Waals surface area contributed by atoms with Crippen molar-refractivity contribution in [1.29, 1.82) is 5.26 Å². The molecule has 0 amide bonds. The summed E-state index contributed by atoms with van der Waals surface area (Å²) in [6.45, 7) is 3.50. The molecule has 0 radical (unpaired) electrons. The van der Waals surface area contributed by atoms with E-state index in [0.29, 0.717) is 23.4 Å². The Labute approximate surface area is 150 Å². The fourth-order valence-corrected chi connectivity index (χ4v) is 3.78. The molecule has 132 valence electrons. The fraction of sp³-hybridized carbons (Fsp3) is 0.368. The third-order valence-corrected chi connectivity index (χ3v) is 5.05. The van der Waals surface area contributed by atoms with Gasteiger partial charge in [0.2, 0.25) is 0 Å². The molecule has 1 aliphatic rings. The summed E-state index contributed by atoms with van der Waals surface area (Å²) in [7, 11) is 0. The molecule has 26 heavy (non-hydrogen) atoms. The maximum absolute atomic E-state index is 12.3. The first-order valence-corrected chi connectivity index (χ1v) is 8.89. The molecule has 7 nitrogen and oxygen atoms in total. The molecule has 7 heteroatoms. The first kappa shape index (κ1) is 16.5. The van der Waals surface area contributed by atoms with Gasteiger partial charge in [0.25, 0.3) is 5.56 Å². The highest BCUT2D eigenvalue weighted by molar-refractivity contribution is 5.53. The highest BCUT2D eigenvalue weighted by atomic mass is 16.1. The second kappa shape index (κ2) is 6.73. The van der Waals surface area contributed by atoms with E-state index in [1.54, 1.807) is 0 Å². The zero-order chi connectivity index (χ0) is 18.1. The van der Waals surface area contributed by atoms with Crippen LogP contribution in [0.1, 0.15) is 48.3 Å². The predicted octanol–water partition coefficient (Wildman–Crippen LogP) is 2.19. The van der Waals surface area contributed by atoms with Gasteiger partial charge in [0.05, 0.1) is 17.4 Å². The molecule has 0 saturated carbocycles. The van der Waals surface area contributed by atoms with E-state index in [1.165, 1.54) is 22.3 Å². The van der Waals surface area contributed by atoms with Gasteiger partial charge in [-0.3, -0.25) is 19.8 Å². The van der Waals surface area contributed by atoms with Crippen LogP contribution in [-0.4, -0.2) is 31.0 Å². The van der Waals surface area contributed by atoms with Crippen LogP contribution in [-0.2, 0) is 13.0 Å². The number of H-pyrrole nitrogens is 1. The second-order valence-corrected chi connectivity index (χ2v) is 6.56. The van der Waals surface area contributed by atoms with E-state index < -0.39 is 0 Å². The topological polar surface area (TPSA) is 90.1 Å². The van der Waals surface area contributed by atoms with Crippen molar-refractivity contribution in [3.63, 3.8) is 0 Å². The first-order chi connectivity index (χ1) is 12.7. The number of aromatic amines is 1. The number of hydrogen-bond donors (Lipinski definition) is 1. The monoisotopic (exact) mass is 348 g/mol. The molecule has 1 N–H and O–H groups in total. The largest absolute Gasteiger partial charge is 0.295 e. The third kappa shape index (κ3) is 2.78. The molecule has 0 aliphatic heterocycles. The summed E-state index contributed by atoms with van der Waals surface area (Å²) in [5.41, 5.74) is 3.67. The van der Waals surface area contributed by atoms with E-state index in [0.717, 1.165) is 31.5 Å². The van der Waals surface area contributed by atoms with Gasteiger partial charge >= 0.3 is 0 Å². The number of hydrogen-bond acceptors (Lipinski definition) is 5. The average Bonchev–Trinajstić information content (AvgIpc) is 3.09. The molecule has 0 aromatic carbocycles. The molecule has 0 fully saturated rings.